The smallest absolute Gasteiger partial charge is 0.239 e. The van der Waals surface area contributed by atoms with Gasteiger partial charge in [-0.25, -0.2) is 0 Å². The summed E-state index contributed by atoms with van der Waals surface area (Å²) < 4.78 is 0. The minimum atomic E-state index is -0.637. The number of anilines is 1. The Morgan fingerprint density at radius 1 is 1.30 bits per heavy atom. The highest BCUT2D eigenvalue weighted by molar-refractivity contribution is 6.30. The van der Waals surface area contributed by atoms with Gasteiger partial charge in [0.2, 0.25) is 11.8 Å². The molecule has 0 aliphatic carbocycles. The van der Waals surface area contributed by atoms with Crippen LogP contribution in [0.3, 0.4) is 0 Å². The van der Waals surface area contributed by atoms with Crippen LogP contribution in [0.5, 0.6) is 0 Å². The molecule has 1 unspecified atom stereocenters. The molecular weight excluding hydrogens is 314 g/mol. The summed E-state index contributed by atoms with van der Waals surface area (Å²) in [6.45, 7) is 0.906. The van der Waals surface area contributed by atoms with Gasteiger partial charge in [-0.05, 0) is 42.3 Å². The number of rotatable bonds is 4. The van der Waals surface area contributed by atoms with E-state index >= 15 is 0 Å². The zero-order valence-electron chi connectivity index (χ0n) is 12.4. The Morgan fingerprint density at radius 2 is 2.09 bits per heavy atom. The average molecular weight is 330 g/mol. The fourth-order valence-corrected chi connectivity index (χ4v) is 2.74. The third-order valence-corrected chi connectivity index (χ3v) is 4.10. The molecule has 2 amide bonds. The molecule has 3 rings (SSSR count). The molecule has 1 aliphatic rings. The Kier molecular flexibility index (Phi) is 4.57. The van der Waals surface area contributed by atoms with Crippen molar-refractivity contribution >= 4 is 29.1 Å². The number of amides is 2. The summed E-state index contributed by atoms with van der Waals surface area (Å²) >= 11 is 5.86. The molecule has 1 saturated heterocycles. The van der Waals surface area contributed by atoms with Crippen molar-refractivity contribution in [1.82, 2.24) is 10.3 Å². The molecule has 1 atom stereocenters. The van der Waals surface area contributed by atoms with Crippen LogP contribution in [0.2, 0.25) is 5.02 Å². The molecule has 0 radical (unpaired) electrons. The molecule has 2 heterocycles. The Hall–Kier alpha value is -2.40. The summed E-state index contributed by atoms with van der Waals surface area (Å²) in [5.41, 5.74) is 1.67. The highest BCUT2D eigenvalue weighted by atomic mass is 35.5. The van der Waals surface area contributed by atoms with Crippen LogP contribution in [-0.2, 0) is 16.1 Å². The van der Waals surface area contributed by atoms with Crippen molar-refractivity contribution in [2.45, 2.75) is 13.0 Å². The molecule has 0 saturated carbocycles. The van der Waals surface area contributed by atoms with Crippen LogP contribution in [0.15, 0.2) is 48.8 Å². The number of pyridine rings is 1. The van der Waals surface area contributed by atoms with Crippen LogP contribution in [0.4, 0.5) is 5.69 Å². The van der Waals surface area contributed by atoms with Crippen LogP contribution >= 0.6 is 11.6 Å². The van der Waals surface area contributed by atoms with Crippen LogP contribution < -0.4 is 10.2 Å². The molecule has 118 valence electrons. The second-order valence-corrected chi connectivity index (χ2v) is 5.82. The number of hydrogen-bond donors (Lipinski definition) is 1. The van der Waals surface area contributed by atoms with Crippen molar-refractivity contribution in [2.75, 3.05) is 11.4 Å². The van der Waals surface area contributed by atoms with Crippen molar-refractivity contribution < 1.29 is 9.59 Å². The maximum absolute atomic E-state index is 12.5. The third-order valence-electron chi connectivity index (χ3n) is 3.85. The van der Waals surface area contributed by atoms with Crippen molar-refractivity contribution in [1.29, 1.82) is 0 Å². The second kappa shape index (κ2) is 6.79. The van der Waals surface area contributed by atoms with Crippen molar-refractivity contribution in [2.24, 2.45) is 5.92 Å². The van der Waals surface area contributed by atoms with E-state index in [1.54, 1.807) is 41.6 Å². The van der Waals surface area contributed by atoms with E-state index in [1.165, 1.54) is 0 Å². The van der Waals surface area contributed by atoms with Crippen LogP contribution in [0, 0.1) is 5.92 Å². The lowest BCUT2D eigenvalue weighted by molar-refractivity contribution is -0.132. The van der Waals surface area contributed by atoms with Crippen molar-refractivity contribution in [3.8, 4) is 0 Å². The van der Waals surface area contributed by atoms with Crippen molar-refractivity contribution in [3.05, 3.63) is 59.4 Å². The first-order chi connectivity index (χ1) is 11.1. The van der Waals surface area contributed by atoms with E-state index in [9.17, 15) is 9.59 Å². The summed E-state index contributed by atoms with van der Waals surface area (Å²) in [7, 11) is 0. The Labute approximate surface area is 139 Å². The molecule has 23 heavy (non-hydrogen) atoms. The minimum Gasteiger partial charge on any atom is -0.351 e. The number of hydrogen-bond acceptors (Lipinski definition) is 3. The normalized spacial score (nSPS) is 17.3. The monoisotopic (exact) mass is 329 g/mol. The first-order valence-electron chi connectivity index (χ1n) is 7.39. The first kappa shape index (κ1) is 15.5. The summed E-state index contributed by atoms with van der Waals surface area (Å²) in [6.07, 6.45) is 3.88. The quantitative estimate of drug-likeness (QED) is 0.876. The number of carbonyl (C=O) groups excluding carboxylic acids is 2. The van der Waals surface area contributed by atoms with Gasteiger partial charge in [0.05, 0.1) is 0 Å². The lowest BCUT2D eigenvalue weighted by Crippen LogP contribution is -2.36. The van der Waals surface area contributed by atoms with E-state index < -0.39 is 5.92 Å². The van der Waals surface area contributed by atoms with E-state index in [0.717, 1.165) is 11.3 Å². The maximum Gasteiger partial charge on any atom is 0.239 e. The van der Waals surface area contributed by atoms with Crippen molar-refractivity contribution in [3.63, 3.8) is 0 Å². The van der Waals surface area contributed by atoms with E-state index in [4.69, 9.17) is 11.6 Å². The van der Waals surface area contributed by atoms with Crippen LogP contribution in [-0.4, -0.2) is 23.3 Å². The summed E-state index contributed by atoms with van der Waals surface area (Å²) in [5.74, 6) is -1.05. The number of halogens is 1. The molecule has 6 heteroatoms. The maximum atomic E-state index is 12.5. The fourth-order valence-electron chi connectivity index (χ4n) is 2.62. The van der Waals surface area contributed by atoms with E-state index in [1.807, 2.05) is 12.1 Å². The molecule has 0 bridgehead atoms. The minimum absolute atomic E-state index is 0.170. The number of nitrogens with one attached hydrogen (secondary N) is 1. The molecule has 2 aromatic rings. The van der Waals surface area contributed by atoms with Gasteiger partial charge in [0.1, 0.15) is 5.92 Å². The summed E-state index contributed by atoms with van der Waals surface area (Å²) in [6, 6.07) is 10.7. The zero-order chi connectivity index (χ0) is 16.2. The molecule has 1 aliphatic heterocycles. The SMILES string of the molecule is O=C(NCc1cccnc1)C1CCN(c2ccc(Cl)cc2)C1=O. The second-order valence-electron chi connectivity index (χ2n) is 5.39. The summed E-state index contributed by atoms with van der Waals surface area (Å²) in [4.78, 5) is 30.3. The predicted octanol–water partition coefficient (Wildman–Crippen LogP) is 2.40. The third kappa shape index (κ3) is 3.51. The van der Waals surface area contributed by atoms with Gasteiger partial charge in [0, 0.05) is 36.2 Å². The fraction of sp³-hybridized carbons (Fsp3) is 0.235. The topological polar surface area (TPSA) is 62.3 Å². The molecule has 1 aromatic carbocycles. The number of nitrogens with zero attached hydrogens (tertiary/aromatic N) is 2. The largest absolute Gasteiger partial charge is 0.351 e. The standard InChI is InChI=1S/C17H16ClN3O2/c18-13-3-5-14(6-4-13)21-9-7-15(17(21)23)16(22)20-11-12-2-1-8-19-10-12/h1-6,8,10,15H,7,9,11H2,(H,20,22). The molecule has 0 spiro atoms. The van der Waals surface area contributed by atoms with Gasteiger partial charge in [-0.2, -0.15) is 0 Å². The molecule has 1 fully saturated rings. The summed E-state index contributed by atoms with van der Waals surface area (Å²) in [5, 5.41) is 3.42. The van der Waals surface area contributed by atoms with Gasteiger partial charge in [0.25, 0.3) is 0 Å². The van der Waals surface area contributed by atoms with E-state index in [-0.39, 0.29) is 11.8 Å². The Balaban J connectivity index is 1.62. The number of carbonyl (C=O) groups is 2. The van der Waals surface area contributed by atoms with Gasteiger partial charge < -0.3 is 10.2 Å². The van der Waals surface area contributed by atoms with Crippen LogP contribution in [0.25, 0.3) is 0 Å². The highest BCUT2D eigenvalue weighted by Gasteiger charge is 2.37. The molecule has 1 aromatic heterocycles. The van der Waals surface area contributed by atoms with Gasteiger partial charge in [0.15, 0.2) is 0 Å². The molecule has 5 nitrogen and oxygen atoms in total. The van der Waals surface area contributed by atoms with Crippen LogP contribution in [0.1, 0.15) is 12.0 Å². The van der Waals surface area contributed by atoms with Gasteiger partial charge in [-0.3, -0.25) is 14.6 Å². The lowest BCUT2D eigenvalue weighted by Gasteiger charge is -2.16. The van der Waals surface area contributed by atoms with E-state index in [2.05, 4.69) is 10.3 Å². The highest BCUT2D eigenvalue weighted by Crippen LogP contribution is 2.26. The lowest BCUT2D eigenvalue weighted by atomic mass is 10.1. The van der Waals surface area contributed by atoms with Gasteiger partial charge >= 0.3 is 0 Å². The number of benzene rings is 1. The Morgan fingerprint density at radius 3 is 2.78 bits per heavy atom. The molecular formula is C17H16ClN3O2. The first-order valence-corrected chi connectivity index (χ1v) is 7.76. The van der Waals surface area contributed by atoms with Gasteiger partial charge in [-0.1, -0.05) is 17.7 Å². The average Bonchev–Trinajstić information content (AvgIpc) is 2.96. The van der Waals surface area contributed by atoms with Gasteiger partial charge in [-0.15, -0.1) is 0 Å². The molecule has 1 N–H and O–H groups in total. The van der Waals surface area contributed by atoms with E-state index in [0.29, 0.717) is 24.5 Å². The predicted molar refractivity (Wildman–Crippen MR) is 88.0 cm³/mol. The Bertz CT molecular complexity index is 704. The number of aromatic nitrogens is 1. The zero-order valence-corrected chi connectivity index (χ0v) is 13.2.